The number of benzene rings is 2. The van der Waals surface area contributed by atoms with Crippen LogP contribution < -0.4 is 14.8 Å². The summed E-state index contributed by atoms with van der Waals surface area (Å²) >= 11 is 0. The van der Waals surface area contributed by atoms with E-state index in [-0.39, 0.29) is 35.2 Å². The van der Waals surface area contributed by atoms with Gasteiger partial charge in [0.2, 0.25) is 12.7 Å². The molecular weight excluding hydrogens is 424 g/mol. The zero-order chi connectivity index (χ0) is 23.2. The van der Waals surface area contributed by atoms with E-state index in [1.54, 1.807) is 0 Å². The summed E-state index contributed by atoms with van der Waals surface area (Å²) in [6.07, 6.45) is 1.36. The lowest BCUT2D eigenvalue weighted by Gasteiger charge is -2.39. The van der Waals surface area contributed by atoms with Crippen LogP contribution in [0.5, 0.6) is 11.5 Å². The maximum atomic E-state index is 14.1. The molecule has 2 heterocycles. The van der Waals surface area contributed by atoms with E-state index in [1.165, 1.54) is 12.1 Å². The molecule has 0 radical (unpaired) electrons. The predicted molar refractivity (Wildman–Crippen MR) is 119 cm³/mol. The minimum absolute atomic E-state index is 0.0186. The second-order valence-electron chi connectivity index (χ2n) is 9.71. The van der Waals surface area contributed by atoms with Crippen LogP contribution in [0.2, 0.25) is 0 Å². The molecular formula is C24H22N4O5. The van der Waals surface area contributed by atoms with Crippen molar-refractivity contribution in [2.45, 2.75) is 44.4 Å². The van der Waals surface area contributed by atoms with Gasteiger partial charge in [0, 0.05) is 11.5 Å². The lowest BCUT2D eigenvalue weighted by molar-refractivity contribution is -0.384. The van der Waals surface area contributed by atoms with Gasteiger partial charge in [-0.05, 0) is 30.4 Å². The third kappa shape index (κ3) is 2.29. The lowest BCUT2D eigenvalue weighted by atomic mass is 9.63. The summed E-state index contributed by atoms with van der Waals surface area (Å²) in [5, 5.41) is 14.6. The van der Waals surface area contributed by atoms with Gasteiger partial charge in [0.25, 0.3) is 5.69 Å². The maximum Gasteiger partial charge on any atom is 0.296 e. The number of carbonyl (C=O) groups excluding carboxylic acids is 1. The third-order valence-electron chi connectivity index (χ3n) is 8.27. The first-order valence-corrected chi connectivity index (χ1v) is 10.9. The van der Waals surface area contributed by atoms with Crippen molar-refractivity contribution in [2.24, 2.45) is 5.41 Å². The van der Waals surface area contributed by atoms with Gasteiger partial charge >= 0.3 is 0 Å². The van der Waals surface area contributed by atoms with Gasteiger partial charge in [-0.25, -0.2) is 9.97 Å². The number of hydrogen-bond donors (Lipinski definition) is 1. The van der Waals surface area contributed by atoms with E-state index in [0.717, 1.165) is 23.1 Å². The Morgan fingerprint density at radius 3 is 2.33 bits per heavy atom. The molecule has 2 bridgehead atoms. The van der Waals surface area contributed by atoms with Crippen molar-refractivity contribution in [1.29, 1.82) is 0 Å². The first kappa shape index (κ1) is 19.9. The smallest absolute Gasteiger partial charge is 0.296 e. The van der Waals surface area contributed by atoms with Crippen LogP contribution in [0.1, 0.15) is 45.0 Å². The van der Waals surface area contributed by atoms with Gasteiger partial charge in [-0.2, -0.15) is 0 Å². The molecule has 1 fully saturated rings. The predicted octanol–water partition coefficient (Wildman–Crippen LogP) is 4.23. The zero-order valence-electron chi connectivity index (χ0n) is 18.5. The van der Waals surface area contributed by atoms with E-state index in [9.17, 15) is 14.9 Å². The van der Waals surface area contributed by atoms with Crippen LogP contribution >= 0.6 is 0 Å². The summed E-state index contributed by atoms with van der Waals surface area (Å²) in [5.41, 5.74) is 1.03. The number of ether oxygens (including phenoxy) is 2. The van der Waals surface area contributed by atoms with Crippen molar-refractivity contribution in [3.8, 4) is 11.5 Å². The SMILES string of the molecule is CC12CCC(C(=O)Nc3cc4c(cc3[N+](=O)[O-])OCO4)(c3nc4ccccc4nc31)C2(C)C. The molecule has 0 spiro atoms. The molecule has 1 aliphatic heterocycles. The third-order valence-corrected chi connectivity index (χ3v) is 8.27. The van der Waals surface area contributed by atoms with Crippen molar-refractivity contribution in [3.05, 3.63) is 57.9 Å². The molecule has 2 aromatic carbocycles. The second kappa shape index (κ2) is 6.18. The number of anilines is 1. The molecule has 1 amide bonds. The molecule has 1 saturated carbocycles. The normalized spacial score (nSPS) is 25.8. The Morgan fingerprint density at radius 1 is 1.03 bits per heavy atom. The topological polar surface area (TPSA) is 116 Å². The van der Waals surface area contributed by atoms with Crippen LogP contribution in [0, 0.1) is 15.5 Å². The quantitative estimate of drug-likeness (QED) is 0.472. The van der Waals surface area contributed by atoms with Gasteiger partial charge < -0.3 is 14.8 Å². The summed E-state index contributed by atoms with van der Waals surface area (Å²) in [4.78, 5) is 35.1. The summed E-state index contributed by atoms with van der Waals surface area (Å²) in [5.74, 6) is 0.332. The van der Waals surface area contributed by atoms with E-state index >= 15 is 0 Å². The van der Waals surface area contributed by atoms with Gasteiger partial charge in [-0.15, -0.1) is 0 Å². The Bertz CT molecular complexity index is 1390. The number of hydrogen-bond acceptors (Lipinski definition) is 7. The van der Waals surface area contributed by atoms with Crippen LogP contribution in [0.25, 0.3) is 11.0 Å². The van der Waals surface area contributed by atoms with Gasteiger partial charge in [0.1, 0.15) is 5.69 Å². The average Bonchev–Trinajstić information content (AvgIpc) is 3.36. The fourth-order valence-electron chi connectivity index (χ4n) is 5.96. The van der Waals surface area contributed by atoms with Crippen molar-refractivity contribution in [2.75, 3.05) is 12.1 Å². The molecule has 0 saturated heterocycles. The fraction of sp³-hybridized carbons (Fsp3) is 0.375. The first-order valence-electron chi connectivity index (χ1n) is 10.9. The standard InChI is InChI=1S/C24H22N4O5/c1-22(2)23(3)8-9-24(22,20-19(23)25-13-6-4-5-7-14(13)26-20)21(29)27-15-10-17-18(33-12-32-17)11-16(15)28(30)31/h4-7,10-11H,8-9,12H2,1-3H3,(H,27,29). The van der Waals surface area contributed by atoms with Crippen LogP contribution in [-0.2, 0) is 15.6 Å². The van der Waals surface area contributed by atoms with E-state index in [4.69, 9.17) is 19.4 Å². The van der Waals surface area contributed by atoms with Crippen molar-refractivity contribution in [3.63, 3.8) is 0 Å². The number of nitrogens with zero attached hydrogens (tertiary/aromatic N) is 3. The number of carbonyl (C=O) groups is 1. The molecule has 33 heavy (non-hydrogen) atoms. The number of nitrogens with one attached hydrogen (secondary N) is 1. The Morgan fingerprint density at radius 2 is 1.67 bits per heavy atom. The molecule has 3 aromatic rings. The Balaban J connectivity index is 1.51. The molecule has 1 aromatic heterocycles. The second-order valence-corrected chi connectivity index (χ2v) is 9.71. The summed E-state index contributed by atoms with van der Waals surface area (Å²) in [6.45, 7) is 6.26. The number of nitro groups is 1. The van der Waals surface area contributed by atoms with E-state index in [1.807, 2.05) is 24.3 Å². The average molecular weight is 446 g/mol. The highest BCUT2D eigenvalue weighted by atomic mass is 16.7. The lowest BCUT2D eigenvalue weighted by Crippen LogP contribution is -2.48. The molecule has 6 rings (SSSR count). The van der Waals surface area contributed by atoms with Crippen LogP contribution in [-0.4, -0.2) is 27.6 Å². The molecule has 2 unspecified atom stereocenters. The molecule has 9 heteroatoms. The Labute approximate surface area is 189 Å². The summed E-state index contributed by atoms with van der Waals surface area (Å²) < 4.78 is 10.7. The minimum atomic E-state index is -0.974. The maximum absolute atomic E-state index is 14.1. The molecule has 3 aliphatic rings. The highest BCUT2D eigenvalue weighted by Gasteiger charge is 2.73. The zero-order valence-corrected chi connectivity index (χ0v) is 18.5. The monoisotopic (exact) mass is 446 g/mol. The fourth-order valence-corrected chi connectivity index (χ4v) is 5.96. The summed E-state index contributed by atoms with van der Waals surface area (Å²) in [6, 6.07) is 10.4. The van der Waals surface area contributed by atoms with Gasteiger partial charge in [-0.1, -0.05) is 32.9 Å². The molecule has 2 aliphatic carbocycles. The first-order chi connectivity index (χ1) is 15.7. The van der Waals surface area contributed by atoms with E-state index in [0.29, 0.717) is 17.9 Å². The molecule has 9 nitrogen and oxygen atoms in total. The number of amides is 1. The van der Waals surface area contributed by atoms with Crippen LogP contribution in [0.4, 0.5) is 11.4 Å². The van der Waals surface area contributed by atoms with E-state index < -0.39 is 15.8 Å². The Hall–Kier alpha value is -3.75. The largest absolute Gasteiger partial charge is 0.454 e. The molecule has 1 N–H and O–H groups in total. The Kier molecular flexibility index (Phi) is 3.73. The highest BCUT2D eigenvalue weighted by Crippen LogP contribution is 2.70. The van der Waals surface area contributed by atoms with Gasteiger partial charge in [0.05, 0.1) is 38.8 Å². The molecule has 168 valence electrons. The minimum Gasteiger partial charge on any atom is -0.454 e. The van der Waals surface area contributed by atoms with Crippen LogP contribution in [0.3, 0.4) is 0 Å². The van der Waals surface area contributed by atoms with Crippen molar-refractivity contribution in [1.82, 2.24) is 9.97 Å². The number of rotatable bonds is 3. The number of nitro benzene ring substituents is 1. The number of fused-ring (bicyclic) bond motifs is 7. The number of aromatic nitrogens is 2. The van der Waals surface area contributed by atoms with Crippen molar-refractivity contribution < 1.29 is 19.2 Å². The number of para-hydroxylation sites is 2. The van der Waals surface area contributed by atoms with Crippen molar-refractivity contribution >= 4 is 28.3 Å². The highest BCUT2D eigenvalue weighted by molar-refractivity contribution is 6.03. The molecule has 2 atom stereocenters. The van der Waals surface area contributed by atoms with Crippen LogP contribution in [0.15, 0.2) is 36.4 Å². The van der Waals surface area contributed by atoms with Gasteiger partial charge in [-0.3, -0.25) is 14.9 Å². The van der Waals surface area contributed by atoms with Gasteiger partial charge in [0.15, 0.2) is 11.5 Å². The summed E-state index contributed by atoms with van der Waals surface area (Å²) in [7, 11) is 0. The van der Waals surface area contributed by atoms with E-state index in [2.05, 4.69) is 26.1 Å².